The van der Waals surface area contributed by atoms with Crippen LogP contribution < -0.4 is 5.73 Å². The number of nitrogen functional groups attached to an aromatic ring is 1. The van der Waals surface area contributed by atoms with Crippen molar-refractivity contribution >= 4 is 28.1 Å². The van der Waals surface area contributed by atoms with Gasteiger partial charge in [0.05, 0.1) is 17.8 Å². The van der Waals surface area contributed by atoms with Crippen molar-refractivity contribution in [1.29, 1.82) is 0 Å². The third-order valence-electron chi connectivity index (χ3n) is 6.99. The maximum Gasteiger partial charge on any atom is 0.471 e. The second kappa shape index (κ2) is 9.70. The van der Waals surface area contributed by atoms with Crippen LogP contribution in [0.15, 0.2) is 67.1 Å². The average Bonchev–Trinajstić information content (AvgIpc) is 3.50. The van der Waals surface area contributed by atoms with Gasteiger partial charge in [-0.1, -0.05) is 36.4 Å². The van der Waals surface area contributed by atoms with Crippen molar-refractivity contribution in [2.24, 2.45) is 0 Å². The summed E-state index contributed by atoms with van der Waals surface area (Å²) in [6.07, 6.45) is -1.47. The Morgan fingerprint density at radius 3 is 2.49 bits per heavy atom. The summed E-state index contributed by atoms with van der Waals surface area (Å²) in [4.78, 5) is 18.6. The molecule has 2 N–H and O–H groups in total. The predicted molar refractivity (Wildman–Crippen MR) is 140 cm³/mol. The van der Waals surface area contributed by atoms with Gasteiger partial charge in [0, 0.05) is 49.9 Å². The van der Waals surface area contributed by atoms with Crippen LogP contribution in [-0.2, 0) is 17.9 Å². The maximum absolute atomic E-state index is 12.8. The van der Waals surface area contributed by atoms with Crippen LogP contribution in [0.4, 0.5) is 19.0 Å². The Kier molecular flexibility index (Phi) is 6.18. The van der Waals surface area contributed by atoms with E-state index in [1.807, 2.05) is 52.2 Å². The van der Waals surface area contributed by atoms with Crippen LogP contribution in [0, 0.1) is 0 Å². The fraction of sp³-hybridized carbons (Fsp3) is 0.259. The minimum atomic E-state index is -4.86. The number of rotatable bonds is 5. The standard InChI is InChI=1S/C27H25F3N8O/c28-27(29,30)26(39)36-10-8-35(9-11-36)16-21-13-22(24-25(31)32-17-33-38(21)24)19-6-7-23-20(12-19)15-37(34-23)14-18-4-2-1-3-5-18/h1-7,12-13,15,17H,8-11,14,16H2,(H2,31,32,33). The van der Waals surface area contributed by atoms with E-state index >= 15 is 0 Å². The number of hydrogen-bond donors (Lipinski definition) is 1. The van der Waals surface area contributed by atoms with Gasteiger partial charge in [0.25, 0.3) is 0 Å². The number of alkyl halides is 3. The highest BCUT2D eigenvalue weighted by molar-refractivity contribution is 5.92. The summed E-state index contributed by atoms with van der Waals surface area (Å²) in [7, 11) is 0. The molecule has 1 aliphatic heterocycles. The van der Waals surface area contributed by atoms with Gasteiger partial charge in [0.2, 0.25) is 0 Å². The fourth-order valence-corrected chi connectivity index (χ4v) is 5.08. The number of hydrogen-bond acceptors (Lipinski definition) is 6. The van der Waals surface area contributed by atoms with Gasteiger partial charge in [-0.15, -0.1) is 0 Å². The molecule has 3 aromatic heterocycles. The van der Waals surface area contributed by atoms with Gasteiger partial charge in [-0.05, 0) is 29.3 Å². The Morgan fingerprint density at radius 1 is 0.974 bits per heavy atom. The van der Waals surface area contributed by atoms with Crippen molar-refractivity contribution in [3.8, 4) is 11.1 Å². The third kappa shape index (κ3) is 4.90. The molecule has 1 amide bonds. The zero-order valence-corrected chi connectivity index (χ0v) is 20.8. The molecule has 0 aliphatic carbocycles. The molecule has 6 rings (SSSR count). The molecule has 1 saturated heterocycles. The molecule has 0 atom stereocenters. The molecule has 39 heavy (non-hydrogen) atoms. The fourth-order valence-electron chi connectivity index (χ4n) is 5.08. The predicted octanol–water partition coefficient (Wildman–Crippen LogP) is 3.58. The molecule has 2 aromatic carbocycles. The van der Waals surface area contributed by atoms with E-state index in [4.69, 9.17) is 10.8 Å². The van der Waals surface area contributed by atoms with E-state index in [1.54, 1.807) is 4.52 Å². The number of fused-ring (bicyclic) bond motifs is 2. The number of benzene rings is 2. The van der Waals surface area contributed by atoms with E-state index < -0.39 is 12.1 Å². The maximum atomic E-state index is 12.8. The molecule has 4 heterocycles. The van der Waals surface area contributed by atoms with Gasteiger partial charge in [-0.25, -0.2) is 9.50 Å². The second-order valence-corrected chi connectivity index (χ2v) is 9.61. The van der Waals surface area contributed by atoms with Crippen molar-refractivity contribution in [3.63, 3.8) is 0 Å². The first-order valence-electron chi connectivity index (χ1n) is 12.5. The van der Waals surface area contributed by atoms with E-state index in [-0.39, 0.29) is 13.1 Å². The van der Waals surface area contributed by atoms with Crippen molar-refractivity contribution in [1.82, 2.24) is 34.2 Å². The number of carbonyl (C=O) groups excluding carboxylic acids is 1. The molecule has 12 heteroatoms. The smallest absolute Gasteiger partial charge is 0.382 e. The number of nitrogens with two attached hydrogens (primary N) is 1. The number of piperazine rings is 1. The lowest BCUT2D eigenvalue weighted by molar-refractivity contribution is -0.187. The van der Waals surface area contributed by atoms with Gasteiger partial charge in [-0.3, -0.25) is 14.4 Å². The van der Waals surface area contributed by atoms with Crippen LogP contribution in [0.5, 0.6) is 0 Å². The number of halogens is 3. The first-order valence-corrected chi connectivity index (χ1v) is 12.5. The first kappa shape index (κ1) is 24.9. The summed E-state index contributed by atoms with van der Waals surface area (Å²) >= 11 is 0. The minimum absolute atomic E-state index is 0.00920. The summed E-state index contributed by atoms with van der Waals surface area (Å²) in [5.74, 6) is -1.47. The molecule has 9 nitrogen and oxygen atoms in total. The lowest BCUT2D eigenvalue weighted by atomic mass is 10.0. The Labute approximate surface area is 221 Å². The van der Waals surface area contributed by atoms with E-state index in [9.17, 15) is 18.0 Å². The number of anilines is 1. The molecule has 0 saturated carbocycles. The molecule has 0 radical (unpaired) electrons. The molecular weight excluding hydrogens is 509 g/mol. The molecular formula is C27H25F3N8O. The van der Waals surface area contributed by atoms with Crippen molar-refractivity contribution in [2.45, 2.75) is 19.3 Å². The van der Waals surface area contributed by atoms with Crippen molar-refractivity contribution in [2.75, 3.05) is 31.9 Å². The van der Waals surface area contributed by atoms with Crippen LogP contribution in [-0.4, -0.2) is 72.4 Å². The molecule has 5 aromatic rings. The second-order valence-electron chi connectivity index (χ2n) is 9.61. The van der Waals surface area contributed by atoms with Crippen LogP contribution >= 0.6 is 0 Å². The summed E-state index contributed by atoms with van der Waals surface area (Å²) in [5, 5.41) is 10.1. The molecule has 0 spiro atoms. The largest absolute Gasteiger partial charge is 0.471 e. The number of aromatic nitrogens is 5. The van der Waals surface area contributed by atoms with Gasteiger partial charge in [0.15, 0.2) is 5.82 Å². The molecule has 1 aliphatic rings. The average molecular weight is 535 g/mol. The molecule has 0 bridgehead atoms. The first-order chi connectivity index (χ1) is 18.8. The normalized spacial score (nSPS) is 14.9. The lowest BCUT2D eigenvalue weighted by Crippen LogP contribution is -2.52. The van der Waals surface area contributed by atoms with Crippen molar-refractivity contribution < 1.29 is 18.0 Å². The Morgan fingerprint density at radius 2 is 1.74 bits per heavy atom. The van der Waals surface area contributed by atoms with Crippen LogP contribution in [0.25, 0.3) is 27.5 Å². The lowest BCUT2D eigenvalue weighted by Gasteiger charge is -2.34. The molecule has 1 fully saturated rings. The summed E-state index contributed by atoms with van der Waals surface area (Å²) < 4.78 is 42.1. The van der Waals surface area contributed by atoms with E-state index in [0.29, 0.717) is 37.5 Å². The monoisotopic (exact) mass is 534 g/mol. The van der Waals surface area contributed by atoms with E-state index in [0.717, 1.165) is 38.2 Å². The van der Waals surface area contributed by atoms with Crippen LogP contribution in [0.1, 0.15) is 11.3 Å². The Hall–Kier alpha value is -4.45. The van der Waals surface area contributed by atoms with Gasteiger partial charge >= 0.3 is 12.1 Å². The zero-order valence-electron chi connectivity index (χ0n) is 20.8. The summed E-state index contributed by atoms with van der Waals surface area (Å²) in [6, 6.07) is 18.1. The summed E-state index contributed by atoms with van der Waals surface area (Å²) in [6.45, 7) is 1.75. The summed E-state index contributed by atoms with van der Waals surface area (Å²) in [5.41, 5.74) is 11.6. The number of amides is 1. The van der Waals surface area contributed by atoms with Gasteiger partial charge in [-0.2, -0.15) is 23.4 Å². The zero-order chi connectivity index (χ0) is 27.1. The molecule has 200 valence electrons. The van der Waals surface area contributed by atoms with Crippen molar-refractivity contribution in [3.05, 3.63) is 78.4 Å². The minimum Gasteiger partial charge on any atom is -0.382 e. The topological polar surface area (TPSA) is 97.6 Å². The number of carbonyl (C=O) groups is 1. The third-order valence-corrected chi connectivity index (χ3v) is 6.99. The highest BCUT2D eigenvalue weighted by Crippen LogP contribution is 2.33. The highest BCUT2D eigenvalue weighted by Gasteiger charge is 2.43. The number of nitrogens with zero attached hydrogens (tertiary/aromatic N) is 7. The van der Waals surface area contributed by atoms with Crippen LogP contribution in [0.2, 0.25) is 0 Å². The van der Waals surface area contributed by atoms with E-state index in [1.165, 1.54) is 6.33 Å². The Balaban J connectivity index is 1.27. The molecule has 0 unspecified atom stereocenters. The van der Waals surface area contributed by atoms with Gasteiger partial charge in [0.1, 0.15) is 11.8 Å². The van der Waals surface area contributed by atoms with Crippen LogP contribution in [0.3, 0.4) is 0 Å². The SMILES string of the molecule is Nc1ncnn2c(CN3CCN(C(=O)C(F)(F)F)CC3)cc(-c3ccc4nn(Cc5ccccc5)cc4c3)c12. The Bertz CT molecular complexity index is 1650. The quantitative estimate of drug-likeness (QED) is 0.370. The van der Waals surface area contributed by atoms with E-state index in [2.05, 4.69) is 28.3 Å². The van der Waals surface area contributed by atoms with Gasteiger partial charge < -0.3 is 10.6 Å². The highest BCUT2D eigenvalue weighted by atomic mass is 19.4.